The van der Waals surface area contributed by atoms with Crippen LogP contribution in [0.15, 0.2) is 71.9 Å². The smallest absolute Gasteiger partial charge is 0.251 e. The summed E-state index contributed by atoms with van der Waals surface area (Å²) in [5.41, 5.74) is 2.78. The monoisotopic (exact) mass is 331 g/mol. The maximum atomic E-state index is 12.0. The molecular weight excluding hydrogens is 314 g/mol. The van der Waals surface area contributed by atoms with E-state index in [0.717, 1.165) is 22.3 Å². The predicted molar refractivity (Wildman–Crippen MR) is 98.5 cm³/mol. The molecule has 6 nitrogen and oxygen atoms in total. The number of hydrogen-bond donors (Lipinski definition) is 1. The molecule has 1 N–H and O–H groups in total. The van der Waals surface area contributed by atoms with Crippen molar-refractivity contribution in [3.63, 3.8) is 0 Å². The number of nitrogens with one attached hydrogen (secondary N) is 1. The fourth-order valence-electron chi connectivity index (χ4n) is 2.85. The summed E-state index contributed by atoms with van der Waals surface area (Å²) in [7, 11) is 0. The second-order valence-corrected chi connectivity index (χ2v) is 5.67. The Morgan fingerprint density at radius 1 is 1.12 bits per heavy atom. The predicted octanol–water partition coefficient (Wildman–Crippen LogP) is 3.35. The molecule has 6 heteroatoms. The van der Waals surface area contributed by atoms with E-state index >= 15 is 0 Å². The van der Waals surface area contributed by atoms with Gasteiger partial charge >= 0.3 is 0 Å². The first kappa shape index (κ1) is 15.1. The van der Waals surface area contributed by atoms with Gasteiger partial charge in [-0.05, 0) is 43.3 Å². The van der Waals surface area contributed by atoms with E-state index in [1.165, 1.54) is 0 Å². The van der Waals surface area contributed by atoms with Crippen LogP contribution in [-0.4, -0.2) is 19.3 Å². The van der Waals surface area contributed by atoms with E-state index < -0.39 is 0 Å². The first-order chi connectivity index (χ1) is 12.2. The number of rotatable bonds is 4. The van der Waals surface area contributed by atoms with E-state index in [0.29, 0.717) is 12.4 Å². The molecule has 0 amide bonds. The van der Waals surface area contributed by atoms with E-state index in [1.807, 2.05) is 49.5 Å². The lowest BCUT2D eigenvalue weighted by Crippen LogP contribution is -2.18. The van der Waals surface area contributed by atoms with Crippen LogP contribution in [0.25, 0.3) is 16.6 Å². The molecule has 3 aromatic heterocycles. The highest BCUT2D eigenvalue weighted by Gasteiger charge is 2.05. The van der Waals surface area contributed by atoms with Crippen LogP contribution in [0, 0.1) is 0 Å². The van der Waals surface area contributed by atoms with Crippen molar-refractivity contribution in [2.45, 2.75) is 13.5 Å². The van der Waals surface area contributed by atoms with E-state index in [4.69, 9.17) is 0 Å². The van der Waals surface area contributed by atoms with Crippen molar-refractivity contribution in [2.75, 3.05) is 5.32 Å². The molecule has 0 spiro atoms. The maximum absolute atomic E-state index is 12.0. The Bertz CT molecular complexity index is 1070. The lowest BCUT2D eigenvalue weighted by Gasteiger charge is -2.11. The van der Waals surface area contributed by atoms with Gasteiger partial charge in [0, 0.05) is 48.3 Å². The van der Waals surface area contributed by atoms with Crippen LogP contribution in [-0.2, 0) is 6.54 Å². The third kappa shape index (κ3) is 2.89. The molecule has 0 bridgehead atoms. The van der Waals surface area contributed by atoms with Crippen LogP contribution in [0.5, 0.6) is 0 Å². The molecule has 25 heavy (non-hydrogen) atoms. The van der Waals surface area contributed by atoms with Gasteiger partial charge < -0.3 is 9.88 Å². The third-order valence-electron chi connectivity index (χ3n) is 4.10. The topological polar surface area (TPSA) is 64.7 Å². The Hall–Kier alpha value is -3.41. The first-order valence-electron chi connectivity index (χ1n) is 8.11. The van der Waals surface area contributed by atoms with E-state index in [2.05, 4.69) is 15.4 Å². The quantitative estimate of drug-likeness (QED) is 0.623. The summed E-state index contributed by atoms with van der Waals surface area (Å²) in [5.74, 6) is 0.701. The van der Waals surface area contributed by atoms with Gasteiger partial charge in [0.2, 0.25) is 0 Å². The Labute approximate surface area is 144 Å². The zero-order valence-corrected chi connectivity index (χ0v) is 13.8. The molecule has 3 heterocycles. The number of nitrogens with zero attached hydrogens (tertiary/aromatic N) is 4. The lowest BCUT2D eigenvalue weighted by molar-refractivity contribution is 0.759. The number of aryl methyl sites for hydroxylation is 1. The van der Waals surface area contributed by atoms with Gasteiger partial charge in [-0.25, -0.2) is 9.67 Å². The van der Waals surface area contributed by atoms with Gasteiger partial charge in [0.05, 0.1) is 11.2 Å². The minimum absolute atomic E-state index is 0.00396. The van der Waals surface area contributed by atoms with Crippen molar-refractivity contribution in [1.29, 1.82) is 0 Å². The first-order valence-corrected chi connectivity index (χ1v) is 8.11. The number of anilines is 2. The molecular formula is C19H17N5O. The second-order valence-electron chi connectivity index (χ2n) is 5.67. The molecule has 0 saturated carbocycles. The van der Waals surface area contributed by atoms with Gasteiger partial charge in [-0.3, -0.25) is 4.79 Å². The Morgan fingerprint density at radius 2 is 1.96 bits per heavy atom. The van der Waals surface area contributed by atoms with Crippen molar-refractivity contribution >= 4 is 22.4 Å². The molecule has 4 rings (SSSR count). The molecule has 0 aliphatic heterocycles. The molecule has 0 unspecified atom stereocenters. The Morgan fingerprint density at radius 3 is 2.68 bits per heavy atom. The minimum atomic E-state index is -0.00396. The van der Waals surface area contributed by atoms with Crippen molar-refractivity contribution in [3.05, 3.63) is 77.5 Å². The molecule has 0 radical (unpaired) electrons. The van der Waals surface area contributed by atoms with E-state index in [9.17, 15) is 4.79 Å². The number of pyridine rings is 2. The lowest BCUT2D eigenvalue weighted by atomic mass is 10.2. The van der Waals surface area contributed by atoms with Crippen LogP contribution in [0.2, 0.25) is 0 Å². The number of fused-ring (bicyclic) bond motifs is 1. The number of hydrogen-bond acceptors (Lipinski definition) is 4. The summed E-state index contributed by atoms with van der Waals surface area (Å²) in [6, 6.07) is 15.1. The molecule has 4 aromatic rings. The Kier molecular flexibility index (Phi) is 3.78. The molecule has 0 saturated heterocycles. The highest BCUT2D eigenvalue weighted by Crippen LogP contribution is 2.20. The SMILES string of the molecule is CCn1c(=O)ccc2cnc(Nc3ccc(-n4cccn4)cc3)cc21. The molecule has 0 aliphatic rings. The van der Waals surface area contributed by atoms with Gasteiger partial charge in [0.15, 0.2) is 0 Å². The summed E-state index contributed by atoms with van der Waals surface area (Å²) in [5, 5.41) is 8.44. The molecule has 124 valence electrons. The summed E-state index contributed by atoms with van der Waals surface area (Å²) in [6.45, 7) is 2.58. The highest BCUT2D eigenvalue weighted by molar-refractivity contribution is 5.81. The van der Waals surface area contributed by atoms with Crippen molar-refractivity contribution < 1.29 is 0 Å². The van der Waals surface area contributed by atoms with Crippen molar-refractivity contribution in [1.82, 2.24) is 19.3 Å². The second kappa shape index (κ2) is 6.24. The van der Waals surface area contributed by atoms with E-state index in [1.54, 1.807) is 33.8 Å². The van der Waals surface area contributed by atoms with Crippen LogP contribution >= 0.6 is 0 Å². The van der Waals surface area contributed by atoms with Gasteiger partial charge in [-0.2, -0.15) is 5.10 Å². The van der Waals surface area contributed by atoms with Gasteiger partial charge in [0.25, 0.3) is 5.56 Å². The van der Waals surface area contributed by atoms with Crippen molar-refractivity contribution in [2.24, 2.45) is 0 Å². The summed E-state index contributed by atoms with van der Waals surface area (Å²) in [6.07, 6.45) is 5.43. The highest BCUT2D eigenvalue weighted by atomic mass is 16.1. The van der Waals surface area contributed by atoms with Crippen LogP contribution in [0.3, 0.4) is 0 Å². The van der Waals surface area contributed by atoms with E-state index in [-0.39, 0.29) is 5.56 Å². The fraction of sp³-hybridized carbons (Fsp3) is 0.105. The minimum Gasteiger partial charge on any atom is -0.340 e. The number of benzene rings is 1. The molecule has 0 aliphatic carbocycles. The van der Waals surface area contributed by atoms with Gasteiger partial charge in [0.1, 0.15) is 5.82 Å². The standard InChI is InChI=1S/C19H17N5O/c1-2-23-17-12-18(20-13-14(17)4-9-19(23)25)22-15-5-7-16(8-6-15)24-11-3-10-21-24/h3-13H,2H2,1H3,(H,20,22). The van der Waals surface area contributed by atoms with Crippen LogP contribution in [0.4, 0.5) is 11.5 Å². The molecule has 0 fully saturated rings. The summed E-state index contributed by atoms with van der Waals surface area (Å²) < 4.78 is 3.54. The summed E-state index contributed by atoms with van der Waals surface area (Å²) >= 11 is 0. The zero-order chi connectivity index (χ0) is 17.2. The summed E-state index contributed by atoms with van der Waals surface area (Å²) in [4.78, 5) is 16.4. The van der Waals surface area contributed by atoms with Crippen LogP contribution < -0.4 is 10.9 Å². The van der Waals surface area contributed by atoms with Gasteiger partial charge in [-0.15, -0.1) is 0 Å². The van der Waals surface area contributed by atoms with Crippen LogP contribution in [0.1, 0.15) is 6.92 Å². The largest absolute Gasteiger partial charge is 0.340 e. The third-order valence-corrected chi connectivity index (χ3v) is 4.10. The average Bonchev–Trinajstić information content (AvgIpc) is 3.17. The normalized spacial score (nSPS) is 10.9. The molecule has 0 atom stereocenters. The average molecular weight is 331 g/mol. The van der Waals surface area contributed by atoms with Crippen molar-refractivity contribution in [3.8, 4) is 5.69 Å². The zero-order valence-electron chi connectivity index (χ0n) is 13.8. The fourth-order valence-corrected chi connectivity index (χ4v) is 2.85. The molecule has 1 aromatic carbocycles. The Balaban J connectivity index is 1.65. The maximum Gasteiger partial charge on any atom is 0.251 e. The van der Waals surface area contributed by atoms with Gasteiger partial charge in [-0.1, -0.05) is 0 Å². The number of aromatic nitrogens is 4.